The fourth-order valence-corrected chi connectivity index (χ4v) is 2.86. The second-order valence-corrected chi connectivity index (χ2v) is 6.69. The van der Waals surface area contributed by atoms with Crippen molar-refractivity contribution in [1.29, 1.82) is 0 Å². The van der Waals surface area contributed by atoms with E-state index in [9.17, 15) is 9.59 Å². The number of likely N-dealkylation sites (N-methyl/N-ethyl adjacent to an activating group) is 1. The Morgan fingerprint density at radius 3 is 2.46 bits per heavy atom. The molecule has 0 fully saturated rings. The minimum atomic E-state index is -0.736. The van der Waals surface area contributed by atoms with Gasteiger partial charge in [-0.1, -0.05) is 41.9 Å². The van der Waals surface area contributed by atoms with Crippen molar-refractivity contribution in [3.8, 4) is 16.9 Å². The first-order valence-corrected chi connectivity index (χ1v) is 8.99. The quantitative estimate of drug-likeness (QED) is 0.669. The maximum absolute atomic E-state index is 12.2. The van der Waals surface area contributed by atoms with Crippen LogP contribution in [0.3, 0.4) is 0 Å². The van der Waals surface area contributed by atoms with Gasteiger partial charge in [0.05, 0.1) is 17.9 Å². The van der Waals surface area contributed by atoms with Gasteiger partial charge in [-0.2, -0.15) is 5.10 Å². The van der Waals surface area contributed by atoms with Crippen molar-refractivity contribution in [2.24, 2.45) is 5.73 Å². The van der Waals surface area contributed by atoms with E-state index in [1.807, 2.05) is 48.7 Å². The van der Waals surface area contributed by atoms with Crippen molar-refractivity contribution >= 4 is 23.5 Å². The van der Waals surface area contributed by atoms with Gasteiger partial charge >= 0.3 is 6.03 Å². The number of aromatic nitrogens is 2. The normalized spacial score (nSPS) is 10.5. The first-order valence-electron chi connectivity index (χ1n) is 8.61. The molecule has 3 amide bonds. The molecule has 0 bridgehead atoms. The second-order valence-electron chi connectivity index (χ2n) is 6.26. The van der Waals surface area contributed by atoms with Gasteiger partial charge in [-0.05, 0) is 24.3 Å². The molecule has 0 atom stereocenters. The number of hydrogen-bond acceptors (Lipinski definition) is 3. The van der Waals surface area contributed by atoms with Gasteiger partial charge < -0.3 is 16.0 Å². The number of rotatable bonds is 6. The highest BCUT2D eigenvalue weighted by atomic mass is 35.5. The SMILES string of the molecule is CN(Cc1cn(-c2ccccc2)nc1-c1ccc(Cl)cc1)C(=O)CNC(N)=O. The lowest BCUT2D eigenvalue weighted by Gasteiger charge is -2.17. The van der Waals surface area contributed by atoms with E-state index in [-0.39, 0.29) is 12.5 Å². The number of carbonyl (C=O) groups is 2. The maximum Gasteiger partial charge on any atom is 0.312 e. The van der Waals surface area contributed by atoms with E-state index in [0.29, 0.717) is 11.6 Å². The summed E-state index contributed by atoms with van der Waals surface area (Å²) in [6.07, 6.45) is 1.89. The predicted octanol–water partition coefficient (Wildman–Crippen LogP) is 2.82. The molecule has 0 spiro atoms. The van der Waals surface area contributed by atoms with Crippen LogP contribution in [0.5, 0.6) is 0 Å². The summed E-state index contributed by atoms with van der Waals surface area (Å²) in [5.74, 6) is -0.256. The molecule has 8 heteroatoms. The molecule has 144 valence electrons. The van der Waals surface area contributed by atoms with E-state index in [2.05, 4.69) is 5.32 Å². The zero-order chi connectivity index (χ0) is 20.1. The van der Waals surface area contributed by atoms with Crippen LogP contribution in [-0.2, 0) is 11.3 Å². The van der Waals surface area contributed by atoms with E-state index < -0.39 is 6.03 Å². The predicted molar refractivity (Wildman–Crippen MR) is 108 cm³/mol. The smallest absolute Gasteiger partial charge is 0.312 e. The molecule has 0 aliphatic heterocycles. The largest absolute Gasteiger partial charge is 0.352 e. The van der Waals surface area contributed by atoms with Crippen LogP contribution in [0.2, 0.25) is 5.02 Å². The molecule has 7 nitrogen and oxygen atoms in total. The van der Waals surface area contributed by atoms with Crippen LogP contribution in [-0.4, -0.2) is 40.2 Å². The van der Waals surface area contributed by atoms with Crippen molar-refractivity contribution in [3.63, 3.8) is 0 Å². The summed E-state index contributed by atoms with van der Waals surface area (Å²) in [5, 5.41) is 7.66. The van der Waals surface area contributed by atoms with Gasteiger partial charge in [0.2, 0.25) is 5.91 Å². The molecule has 0 unspecified atom stereocenters. The first kappa shape index (κ1) is 19.4. The van der Waals surface area contributed by atoms with E-state index in [4.69, 9.17) is 22.4 Å². The van der Waals surface area contributed by atoms with Gasteiger partial charge in [-0.15, -0.1) is 0 Å². The first-order chi connectivity index (χ1) is 13.4. The lowest BCUT2D eigenvalue weighted by atomic mass is 10.1. The van der Waals surface area contributed by atoms with Crippen molar-refractivity contribution in [1.82, 2.24) is 20.0 Å². The number of nitrogens with zero attached hydrogens (tertiary/aromatic N) is 3. The molecule has 3 N–H and O–H groups in total. The van der Waals surface area contributed by atoms with Crippen LogP contribution in [0.15, 0.2) is 60.8 Å². The minimum Gasteiger partial charge on any atom is -0.352 e. The third-order valence-electron chi connectivity index (χ3n) is 4.18. The second kappa shape index (κ2) is 8.58. The fourth-order valence-electron chi connectivity index (χ4n) is 2.73. The number of urea groups is 1. The summed E-state index contributed by atoms with van der Waals surface area (Å²) in [7, 11) is 1.66. The number of nitrogens with one attached hydrogen (secondary N) is 1. The van der Waals surface area contributed by atoms with Crippen molar-refractivity contribution in [2.45, 2.75) is 6.54 Å². The molecule has 1 aromatic heterocycles. The Bertz CT molecular complexity index is 970. The lowest BCUT2D eigenvalue weighted by Crippen LogP contribution is -2.40. The van der Waals surface area contributed by atoms with Gasteiger partial charge in [-0.3, -0.25) is 4.79 Å². The Balaban J connectivity index is 1.91. The van der Waals surface area contributed by atoms with Gasteiger partial charge in [0.15, 0.2) is 0 Å². The number of para-hydroxylation sites is 1. The van der Waals surface area contributed by atoms with Crippen molar-refractivity contribution < 1.29 is 9.59 Å². The highest BCUT2D eigenvalue weighted by molar-refractivity contribution is 6.30. The number of nitrogens with two attached hydrogens (primary N) is 1. The van der Waals surface area contributed by atoms with Crippen LogP contribution in [0.4, 0.5) is 4.79 Å². The number of primary amides is 1. The molecule has 0 radical (unpaired) electrons. The Morgan fingerprint density at radius 1 is 1.14 bits per heavy atom. The van der Waals surface area contributed by atoms with E-state index >= 15 is 0 Å². The average molecular weight is 398 g/mol. The lowest BCUT2D eigenvalue weighted by molar-refractivity contribution is -0.129. The van der Waals surface area contributed by atoms with E-state index in [0.717, 1.165) is 22.5 Å². The van der Waals surface area contributed by atoms with Crippen LogP contribution >= 0.6 is 11.6 Å². The van der Waals surface area contributed by atoms with Crippen molar-refractivity contribution in [2.75, 3.05) is 13.6 Å². The van der Waals surface area contributed by atoms with Crippen LogP contribution in [0, 0.1) is 0 Å². The van der Waals surface area contributed by atoms with Gasteiger partial charge in [0.1, 0.15) is 0 Å². The summed E-state index contributed by atoms with van der Waals surface area (Å²) in [4.78, 5) is 24.6. The Kier molecular flexibility index (Phi) is 5.96. The van der Waals surface area contributed by atoms with Crippen LogP contribution in [0.25, 0.3) is 16.9 Å². The van der Waals surface area contributed by atoms with Crippen LogP contribution in [0.1, 0.15) is 5.56 Å². The summed E-state index contributed by atoms with van der Waals surface area (Å²) >= 11 is 6.00. The van der Waals surface area contributed by atoms with E-state index in [1.165, 1.54) is 4.90 Å². The molecule has 2 aromatic carbocycles. The zero-order valence-corrected chi connectivity index (χ0v) is 16.1. The molecule has 0 saturated carbocycles. The Morgan fingerprint density at radius 2 is 1.82 bits per heavy atom. The number of benzene rings is 2. The third-order valence-corrected chi connectivity index (χ3v) is 4.43. The Labute approximate surface area is 167 Å². The number of halogens is 1. The molecule has 0 aliphatic carbocycles. The summed E-state index contributed by atoms with van der Waals surface area (Å²) < 4.78 is 1.78. The minimum absolute atomic E-state index is 0.158. The molecule has 3 aromatic rings. The number of hydrogen-bond donors (Lipinski definition) is 2. The molecule has 3 rings (SSSR count). The monoisotopic (exact) mass is 397 g/mol. The standard InChI is InChI=1S/C20H20ClN5O2/c1-25(18(27)11-23-20(22)28)12-15-13-26(17-5-3-2-4-6-17)24-19(15)14-7-9-16(21)10-8-14/h2-10,13H,11-12H2,1H3,(H3,22,23,28). The maximum atomic E-state index is 12.2. The average Bonchev–Trinajstić information content (AvgIpc) is 3.11. The summed E-state index contributed by atoms with van der Waals surface area (Å²) in [6, 6.07) is 16.4. The molecule has 0 aliphatic rings. The molecule has 1 heterocycles. The topological polar surface area (TPSA) is 93.2 Å². The highest BCUT2D eigenvalue weighted by Crippen LogP contribution is 2.26. The molecule has 28 heavy (non-hydrogen) atoms. The van der Waals surface area contributed by atoms with E-state index in [1.54, 1.807) is 23.9 Å². The summed E-state index contributed by atoms with van der Waals surface area (Å²) in [5.41, 5.74) is 8.45. The zero-order valence-electron chi connectivity index (χ0n) is 15.3. The molecule has 0 saturated heterocycles. The highest BCUT2D eigenvalue weighted by Gasteiger charge is 2.17. The van der Waals surface area contributed by atoms with Gasteiger partial charge in [-0.25, -0.2) is 9.48 Å². The third kappa shape index (κ3) is 4.69. The van der Waals surface area contributed by atoms with Gasteiger partial charge in [0.25, 0.3) is 0 Å². The van der Waals surface area contributed by atoms with Gasteiger partial charge in [0, 0.05) is 35.9 Å². The van der Waals surface area contributed by atoms with Crippen molar-refractivity contribution in [3.05, 3.63) is 71.4 Å². The summed E-state index contributed by atoms with van der Waals surface area (Å²) in [6.45, 7) is 0.166. The molecular formula is C20H20ClN5O2. The Hall–Kier alpha value is -3.32. The van der Waals surface area contributed by atoms with Crippen LogP contribution < -0.4 is 11.1 Å². The molecular weight excluding hydrogens is 378 g/mol. The number of carbonyl (C=O) groups excluding carboxylic acids is 2. The fraction of sp³-hybridized carbons (Fsp3) is 0.150. The number of amides is 3.